The van der Waals surface area contributed by atoms with Crippen LogP contribution in [-0.4, -0.2) is 13.0 Å². The summed E-state index contributed by atoms with van der Waals surface area (Å²) in [5.41, 5.74) is 2.59. The molecule has 0 aliphatic heterocycles. The smallest absolute Gasteiger partial charge is 0.282 e. The largest absolute Gasteiger partial charge is 0.294 e. The average molecular weight is 252 g/mol. The van der Waals surface area contributed by atoms with Crippen molar-refractivity contribution < 1.29 is 13.0 Å². The Balaban J connectivity index is 3.29. The van der Waals surface area contributed by atoms with Crippen LogP contribution in [0, 0.1) is 6.92 Å². The summed E-state index contributed by atoms with van der Waals surface area (Å²) >= 11 is 0. The number of aryl methyl sites for hydroxylation is 1. The van der Waals surface area contributed by atoms with E-state index < -0.39 is 10.1 Å². The molecule has 1 aromatic carbocycles. The van der Waals surface area contributed by atoms with Crippen molar-refractivity contribution in [2.45, 2.75) is 20.8 Å². The molecular weight excluding hydrogens is 236 g/mol. The van der Waals surface area contributed by atoms with Crippen LogP contribution < -0.4 is 0 Å². The summed E-state index contributed by atoms with van der Waals surface area (Å²) in [5.74, 6) is 0. The van der Waals surface area contributed by atoms with Gasteiger partial charge in [0, 0.05) is 0 Å². The van der Waals surface area contributed by atoms with E-state index in [-0.39, 0.29) is 4.91 Å². The van der Waals surface area contributed by atoms with Crippen molar-refractivity contribution >= 4 is 16.2 Å². The van der Waals surface area contributed by atoms with Gasteiger partial charge in [-0.15, -0.1) is 0 Å². The molecule has 1 rings (SSSR count). The Kier molecular flexibility index (Phi) is 4.26. The molecule has 0 saturated heterocycles. The third-order valence-electron chi connectivity index (χ3n) is 2.08. The predicted octanol–water partition coefficient (Wildman–Crippen LogP) is 3.19. The van der Waals surface area contributed by atoms with Crippen LogP contribution in [0.4, 0.5) is 0 Å². The zero-order valence-corrected chi connectivity index (χ0v) is 11.0. The molecule has 0 aliphatic carbocycles. The highest BCUT2D eigenvalue weighted by Gasteiger charge is 2.10. The highest BCUT2D eigenvalue weighted by Crippen LogP contribution is 2.15. The number of hydrogen-bond acceptors (Lipinski definition) is 2. The Morgan fingerprint density at radius 1 is 1.29 bits per heavy atom. The van der Waals surface area contributed by atoms with E-state index in [9.17, 15) is 8.42 Å². The molecule has 0 aliphatic rings. The molecule has 0 saturated carbocycles. The molecule has 0 atom stereocenters. The summed E-state index contributed by atoms with van der Waals surface area (Å²) in [7, 11) is -4.19. The number of hydrogen-bond donors (Lipinski definition) is 1. The topological polar surface area (TPSA) is 54.4 Å². The van der Waals surface area contributed by atoms with Crippen LogP contribution in [-0.2, 0) is 10.1 Å². The predicted molar refractivity (Wildman–Crippen MR) is 70.1 cm³/mol. The van der Waals surface area contributed by atoms with Gasteiger partial charge < -0.3 is 0 Å². The van der Waals surface area contributed by atoms with Crippen molar-refractivity contribution in [1.29, 1.82) is 0 Å². The van der Waals surface area contributed by atoms with Gasteiger partial charge in [-0.1, -0.05) is 35.4 Å². The quantitative estimate of drug-likeness (QED) is 0.664. The van der Waals surface area contributed by atoms with Gasteiger partial charge in [-0.2, -0.15) is 8.42 Å². The van der Waals surface area contributed by atoms with E-state index in [1.807, 2.05) is 25.1 Å². The molecule has 1 aromatic rings. The molecule has 0 fully saturated rings. The normalized spacial score (nSPS) is 12.4. The van der Waals surface area contributed by atoms with Gasteiger partial charge in [-0.05, 0) is 38.5 Å². The first-order chi connectivity index (χ1) is 7.79. The second-order valence-electron chi connectivity index (χ2n) is 4.16. The van der Waals surface area contributed by atoms with E-state index in [0.29, 0.717) is 0 Å². The fraction of sp³-hybridized carbons (Fsp3) is 0.231. The summed E-state index contributed by atoms with van der Waals surface area (Å²) in [5, 5.41) is 0. The monoisotopic (exact) mass is 252 g/mol. The molecular formula is C13H16O3S. The SMILES string of the molecule is CC(C)=C/C(=C\c1cccc(C)c1)S(=O)(=O)O. The lowest BCUT2D eigenvalue weighted by molar-refractivity contribution is 0.492. The summed E-state index contributed by atoms with van der Waals surface area (Å²) in [6, 6.07) is 7.40. The molecule has 4 heteroatoms. The lowest BCUT2D eigenvalue weighted by Crippen LogP contribution is -1.99. The Labute approximate surface area is 102 Å². The van der Waals surface area contributed by atoms with Crippen LogP contribution in [0.25, 0.3) is 6.08 Å². The van der Waals surface area contributed by atoms with Crippen molar-refractivity contribution in [1.82, 2.24) is 0 Å². The first-order valence-corrected chi connectivity index (χ1v) is 6.64. The maximum Gasteiger partial charge on any atom is 0.294 e. The number of benzene rings is 1. The van der Waals surface area contributed by atoms with E-state index in [4.69, 9.17) is 4.55 Å². The van der Waals surface area contributed by atoms with Crippen molar-refractivity contribution in [3.05, 3.63) is 51.9 Å². The third-order valence-corrected chi connectivity index (χ3v) is 2.91. The van der Waals surface area contributed by atoms with E-state index in [2.05, 4.69) is 0 Å². The Morgan fingerprint density at radius 3 is 2.41 bits per heavy atom. The molecule has 0 unspecified atom stereocenters. The van der Waals surface area contributed by atoms with Crippen LogP contribution in [0.1, 0.15) is 25.0 Å². The Morgan fingerprint density at radius 2 is 1.94 bits per heavy atom. The highest BCUT2D eigenvalue weighted by molar-refractivity contribution is 7.90. The van der Waals surface area contributed by atoms with Gasteiger partial charge in [0.05, 0.1) is 4.91 Å². The van der Waals surface area contributed by atoms with Crippen molar-refractivity contribution in [3.63, 3.8) is 0 Å². The second kappa shape index (κ2) is 5.29. The van der Waals surface area contributed by atoms with Crippen molar-refractivity contribution in [2.24, 2.45) is 0 Å². The maximum absolute atomic E-state index is 11.2. The molecule has 0 amide bonds. The number of allylic oxidation sites excluding steroid dienone is 2. The van der Waals surface area contributed by atoms with E-state index in [1.54, 1.807) is 19.9 Å². The lowest BCUT2D eigenvalue weighted by atomic mass is 10.1. The van der Waals surface area contributed by atoms with E-state index >= 15 is 0 Å². The fourth-order valence-electron chi connectivity index (χ4n) is 1.40. The van der Waals surface area contributed by atoms with Gasteiger partial charge >= 0.3 is 0 Å². The minimum Gasteiger partial charge on any atom is -0.282 e. The van der Waals surface area contributed by atoms with Crippen LogP contribution >= 0.6 is 0 Å². The molecule has 0 heterocycles. The minimum atomic E-state index is -4.19. The van der Waals surface area contributed by atoms with Crippen LogP contribution in [0.2, 0.25) is 0 Å². The molecule has 92 valence electrons. The van der Waals surface area contributed by atoms with Crippen molar-refractivity contribution in [2.75, 3.05) is 0 Å². The van der Waals surface area contributed by atoms with Crippen LogP contribution in [0.5, 0.6) is 0 Å². The van der Waals surface area contributed by atoms with Gasteiger partial charge in [0.15, 0.2) is 0 Å². The van der Waals surface area contributed by atoms with Crippen molar-refractivity contribution in [3.8, 4) is 0 Å². The summed E-state index contributed by atoms with van der Waals surface area (Å²) < 4.78 is 31.5. The van der Waals surface area contributed by atoms with Gasteiger partial charge in [0.25, 0.3) is 10.1 Å². The Hall–Kier alpha value is -1.39. The lowest BCUT2D eigenvalue weighted by Gasteiger charge is -2.01. The maximum atomic E-state index is 11.2. The van der Waals surface area contributed by atoms with Gasteiger partial charge in [-0.3, -0.25) is 4.55 Å². The molecule has 3 nitrogen and oxygen atoms in total. The molecule has 0 bridgehead atoms. The molecule has 0 spiro atoms. The molecule has 1 N–H and O–H groups in total. The third kappa shape index (κ3) is 4.54. The average Bonchev–Trinajstić information content (AvgIpc) is 2.14. The summed E-state index contributed by atoms with van der Waals surface area (Å²) in [4.78, 5) is -0.0944. The summed E-state index contributed by atoms with van der Waals surface area (Å²) in [6.07, 6.45) is 2.90. The summed E-state index contributed by atoms with van der Waals surface area (Å²) in [6.45, 7) is 5.47. The second-order valence-corrected chi connectivity index (χ2v) is 5.58. The molecule has 17 heavy (non-hydrogen) atoms. The highest BCUT2D eigenvalue weighted by atomic mass is 32.2. The first kappa shape index (κ1) is 13.7. The zero-order chi connectivity index (χ0) is 13.1. The minimum absolute atomic E-state index is 0.0944. The van der Waals surface area contributed by atoms with E-state index in [1.165, 1.54) is 12.2 Å². The van der Waals surface area contributed by atoms with Gasteiger partial charge in [0.2, 0.25) is 0 Å². The van der Waals surface area contributed by atoms with Crippen LogP contribution in [0.3, 0.4) is 0 Å². The van der Waals surface area contributed by atoms with Crippen LogP contribution in [0.15, 0.2) is 40.8 Å². The molecule has 0 aromatic heterocycles. The van der Waals surface area contributed by atoms with Gasteiger partial charge in [-0.25, -0.2) is 0 Å². The zero-order valence-electron chi connectivity index (χ0n) is 10.1. The fourth-order valence-corrected chi connectivity index (χ4v) is 2.07. The first-order valence-electron chi connectivity index (χ1n) is 5.20. The molecule has 0 radical (unpaired) electrons. The number of rotatable bonds is 3. The standard InChI is InChI=1S/C13H16O3S/c1-10(2)7-13(17(14,15)16)9-12-6-4-5-11(3)8-12/h4-9H,1-3H3,(H,14,15,16)/b13-9+. The van der Waals surface area contributed by atoms with E-state index in [0.717, 1.165) is 16.7 Å². The Bertz CT molecular complexity index is 562. The van der Waals surface area contributed by atoms with Gasteiger partial charge in [0.1, 0.15) is 0 Å².